The van der Waals surface area contributed by atoms with E-state index in [-0.39, 0.29) is 18.4 Å². The lowest BCUT2D eigenvalue weighted by Crippen LogP contribution is -2.44. The molecule has 8 heteroatoms. The second-order valence-corrected chi connectivity index (χ2v) is 6.38. The number of benzene rings is 1. The molecule has 26 heavy (non-hydrogen) atoms. The summed E-state index contributed by atoms with van der Waals surface area (Å²) in [5.41, 5.74) is 1.05. The molecule has 0 aromatic heterocycles. The van der Waals surface area contributed by atoms with Crippen molar-refractivity contribution >= 4 is 11.8 Å². The fourth-order valence-electron chi connectivity index (χ4n) is 2.93. The zero-order valence-electron chi connectivity index (χ0n) is 14.6. The van der Waals surface area contributed by atoms with Crippen molar-refractivity contribution in [3.8, 4) is 5.75 Å². The first-order valence-electron chi connectivity index (χ1n) is 8.55. The maximum absolute atomic E-state index is 12.3. The minimum Gasteiger partial charge on any atom is -0.497 e. The lowest BCUT2D eigenvalue weighted by atomic mass is 9.96. The Morgan fingerprint density at radius 2 is 1.81 bits per heavy atom. The van der Waals surface area contributed by atoms with E-state index in [1.165, 1.54) is 0 Å². The van der Waals surface area contributed by atoms with Crippen LogP contribution >= 0.6 is 0 Å². The molecule has 0 bridgehead atoms. The maximum atomic E-state index is 12.3. The minimum absolute atomic E-state index is 0.00772. The summed E-state index contributed by atoms with van der Waals surface area (Å²) in [6.45, 7) is 1.01. The van der Waals surface area contributed by atoms with Gasteiger partial charge in [0.2, 0.25) is 5.91 Å². The van der Waals surface area contributed by atoms with Crippen molar-refractivity contribution in [1.29, 1.82) is 0 Å². The van der Waals surface area contributed by atoms with Crippen LogP contribution in [0.3, 0.4) is 0 Å². The quantitative estimate of drug-likeness (QED) is 0.835. The van der Waals surface area contributed by atoms with Crippen molar-refractivity contribution in [2.75, 3.05) is 26.7 Å². The van der Waals surface area contributed by atoms with Gasteiger partial charge in [-0.3, -0.25) is 9.59 Å². The summed E-state index contributed by atoms with van der Waals surface area (Å²) in [5, 5.41) is 1.91. The van der Waals surface area contributed by atoms with E-state index in [9.17, 15) is 22.8 Å². The Labute approximate surface area is 150 Å². The highest BCUT2D eigenvalue weighted by Crippen LogP contribution is 2.20. The molecule has 0 radical (unpaired) electrons. The fraction of sp³-hybridized carbons (Fsp3) is 0.556. The number of aryl methyl sites for hydroxylation is 1. The molecule has 1 fully saturated rings. The largest absolute Gasteiger partial charge is 0.497 e. The van der Waals surface area contributed by atoms with Gasteiger partial charge in [-0.05, 0) is 42.9 Å². The number of alkyl halides is 3. The van der Waals surface area contributed by atoms with E-state index in [0.29, 0.717) is 38.8 Å². The van der Waals surface area contributed by atoms with E-state index in [2.05, 4.69) is 0 Å². The first kappa shape index (κ1) is 20.1. The van der Waals surface area contributed by atoms with E-state index in [4.69, 9.17) is 4.74 Å². The van der Waals surface area contributed by atoms with Gasteiger partial charge in [0.05, 0.1) is 7.11 Å². The van der Waals surface area contributed by atoms with Crippen molar-refractivity contribution in [2.24, 2.45) is 5.92 Å². The van der Waals surface area contributed by atoms with Crippen LogP contribution in [0, 0.1) is 5.92 Å². The molecule has 0 saturated carbocycles. The van der Waals surface area contributed by atoms with E-state index >= 15 is 0 Å². The van der Waals surface area contributed by atoms with Crippen LogP contribution in [-0.2, 0) is 16.0 Å². The number of likely N-dealkylation sites (tertiary alicyclic amines) is 1. The number of nitrogens with one attached hydrogen (secondary N) is 1. The number of amides is 2. The summed E-state index contributed by atoms with van der Waals surface area (Å²) < 4.78 is 41.6. The summed E-state index contributed by atoms with van der Waals surface area (Å²) in [5.74, 6) is -1.14. The van der Waals surface area contributed by atoms with Gasteiger partial charge in [-0.25, -0.2) is 0 Å². The summed E-state index contributed by atoms with van der Waals surface area (Å²) in [4.78, 5) is 24.9. The Hall–Kier alpha value is -2.25. The van der Waals surface area contributed by atoms with Crippen molar-refractivity contribution in [2.45, 2.75) is 31.9 Å². The van der Waals surface area contributed by atoms with E-state index in [1.54, 1.807) is 12.0 Å². The van der Waals surface area contributed by atoms with Gasteiger partial charge in [0, 0.05) is 26.1 Å². The van der Waals surface area contributed by atoms with Gasteiger partial charge in [-0.2, -0.15) is 13.2 Å². The molecule has 0 spiro atoms. The van der Waals surface area contributed by atoms with Crippen molar-refractivity contribution in [1.82, 2.24) is 10.2 Å². The number of rotatable bonds is 6. The number of ether oxygens (including phenoxy) is 1. The van der Waals surface area contributed by atoms with Gasteiger partial charge in [0.15, 0.2) is 0 Å². The van der Waals surface area contributed by atoms with Crippen LogP contribution < -0.4 is 10.1 Å². The Morgan fingerprint density at radius 3 is 2.35 bits per heavy atom. The summed E-state index contributed by atoms with van der Waals surface area (Å²) in [7, 11) is 1.59. The number of carbonyl (C=O) groups excluding carboxylic acids is 2. The highest BCUT2D eigenvalue weighted by molar-refractivity contribution is 5.81. The topological polar surface area (TPSA) is 58.6 Å². The van der Waals surface area contributed by atoms with Crippen LogP contribution in [0.25, 0.3) is 0 Å². The Kier molecular flexibility index (Phi) is 6.88. The fourth-order valence-corrected chi connectivity index (χ4v) is 2.93. The number of methoxy groups -OCH3 is 1. The van der Waals surface area contributed by atoms with Crippen molar-refractivity contribution in [3.05, 3.63) is 29.8 Å². The van der Waals surface area contributed by atoms with Crippen LogP contribution in [-0.4, -0.2) is 49.6 Å². The summed E-state index contributed by atoms with van der Waals surface area (Å²) >= 11 is 0. The number of hydrogen-bond donors (Lipinski definition) is 1. The number of halogens is 3. The zero-order valence-corrected chi connectivity index (χ0v) is 14.6. The molecule has 0 aliphatic carbocycles. The molecule has 1 saturated heterocycles. The molecule has 1 aliphatic rings. The zero-order chi connectivity index (χ0) is 19.2. The number of carbonyl (C=O) groups is 2. The predicted molar refractivity (Wildman–Crippen MR) is 89.7 cm³/mol. The second kappa shape index (κ2) is 8.91. The summed E-state index contributed by atoms with van der Waals surface area (Å²) in [6, 6.07) is 7.53. The molecule has 144 valence electrons. The third kappa shape index (κ3) is 5.93. The monoisotopic (exact) mass is 372 g/mol. The van der Waals surface area contributed by atoms with Gasteiger partial charge in [0.25, 0.3) is 0 Å². The highest BCUT2D eigenvalue weighted by atomic mass is 19.4. The van der Waals surface area contributed by atoms with Crippen LogP contribution in [0.5, 0.6) is 5.75 Å². The molecule has 0 atom stereocenters. The van der Waals surface area contributed by atoms with Crippen LogP contribution in [0.1, 0.15) is 24.8 Å². The molecule has 0 unspecified atom stereocenters. The molecule has 2 amide bonds. The Balaban J connectivity index is 1.69. The molecule has 1 aromatic carbocycles. The summed E-state index contributed by atoms with van der Waals surface area (Å²) in [6.07, 6.45) is -2.65. The van der Waals surface area contributed by atoms with Gasteiger partial charge in [0.1, 0.15) is 5.75 Å². The molecule has 1 aliphatic heterocycles. The third-order valence-corrected chi connectivity index (χ3v) is 4.56. The number of nitrogens with zero attached hydrogens (tertiary/aromatic N) is 1. The Morgan fingerprint density at radius 1 is 1.19 bits per heavy atom. The lowest BCUT2D eigenvalue weighted by Gasteiger charge is -2.32. The lowest BCUT2D eigenvalue weighted by molar-refractivity contribution is -0.173. The van der Waals surface area contributed by atoms with E-state index < -0.39 is 12.1 Å². The first-order chi connectivity index (χ1) is 12.3. The number of piperidine rings is 1. The normalized spacial score (nSPS) is 15.6. The molecular formula is C18H23F3N2O3. The standard InChI is InChI=1S/C18H23F3N2O3/c1-26-15-5-2-13(3-6-15)4-7-16(24)23-10-8-14(9-11-23)12-22-17(25)18(19,20)21/h2-3,5-6,14H,4,7-12H2,1H3,(H,22,25). The molecule has 1 heterocycles. The molecule has 2 rings (SSSR count). The maximum Gasteiger partial charge on any atom is 0.471 e. The van der Waals surface area contributed by atoms with Crippen molar-refractivity contribution in [3.63, 3.8) is 0 Å². The minimum atomic E-state index is -4.85. The van der Waals surface area contributed by atoms with Crippen molar-refractivity contribution < 1.29 is 27.5 Å². The second-order valence-electron chi connectivity index (χ2n) is 6.38. The smallest absolute Gasteiger partial charge is 0.471 e. The van der Waals surface area contributed by atoms with E-state index in [0.717, 1.165) is 11.3 Å². The average Bonchev–Trinajstić information content (AvgIpc) is 2.64. The molecule has 1 N–H and O–H groups in total. The number of hydrogen-bond acceptors (Lipinski definition) is 3. The van der Waals surface area contributed by atoms with Gasteiger partial charge < -0.3 is 15.0 Å². The SMILES string of the molecule is COc1ccc(CCC(=O)N2CCC(CNC(=O)C(F)(F)F)CC2)cc1. The van der Waals surface area contributed by atoms with Gasteiger partial charge in [-0.15, -0.1) is 0 Å². The first-order valence-corrected chi connectivity index (χ1v) is 8.55. The van der Waals surface area contributed by atoms with E-state index in [1.807, 2.05) is 29.6 Å². The van der Waals surface area contributed by atoms with Crippen LogP contribution in [0.15, 0.2) is 24.3 Å². The Bertz CT molecular complexity index is 609. The average molecular weight is 372 g/mol. The third-order valence-electron chi connectivity index (χ3n) is 4.56. The predicted octanol–water partition coefficient (Wildman–Crippen LogP) is 2.54. The van der Waals surface area contributed by atoms with Crippen LogP contribution in [0.4, 0.5) is 13.2 Å². The highest BCUT2D eigenvalue weighted by Gasteiger charge is 2.38. The molecule has 5 nitrogen and oxygen atoms in total. The van der Waals surface area contributed by atoms with Gasteiger partial charge in [-0.1, -0.05) is 12.1 Å². The molecular weight excluding hydrogens is 349 g/mol. The van der Waals surface area contributed by atoms with Gasteiger partial charge >= 0.3 is 12.1 Å². The van der Waals surface area contributed by atoms with Crippen LogP contribution in [0.2, 0.25) is 0 Å². The molecule has 1 aromatic rings.